The van der Waals surface area contributed by atoms with Crippen molar-refractivity contribution >= 4 is 23.3 Å². The van der Waals surface area contributed by atoms with E-state index in [1.54, 1.807) is 30.3 Å². The van der Waals surface area contributed by atoms with Crippen molar-refractivity contribution in [3.8, 4) is 11.5 Å². The number of hydrogen-bond donors (Lipinski definition) is 1. The highest BCUT2D eigenvalue weighted by Gasteiger charge is 2.11. The molecule has 0 fully saturated rings. The summed E-state index contributed by atoms with van der Waals surface area (Å²) in [6.07, 6.45) is 0.919. The Hall–Kier alpha value is -2.53. The van der Waals surface area contributed by atoms with E-state index in [2.05, 4.69) is 5.32 Å². The summed E-state index contributed by atoms with van der Waals surface area (Å²) in [5, 5.41) is 3.62. The number of methoxy groups -OCH3 is 1. The van der Waals surface area contributed by atoms with Crippen LogP contribution in [0.15, 0.2) is 42.5 Å². The molecular formula is C21H24ClNO4. The number of amides is 1. The van der Waals surface area contributed by atoms with Gasteiger partial charge in [0.25, 0.3) is 0 Å². The van der Waals surface area contributed by atoms with Crippen LogP contribution in [0, 0.1) is 0 Å². The molecule has 2 aromatic carbocycles. The Bertz CT molecular complexity index is 789. The highest BCUT2D eigenvalue weighted by Crippen LogP contribution is 2.28. The van der Waals surface area contributed by atoms with Crippen LogP contribution in [0.1, 0.15) is 48.7 Å². The highest BCUT2D eigenvalue weighted by molar-refractivity contribution is 6.30. The van der Waals surface area contributed by atoms with E-state index in [4.69, 9.17) is 21.1 Å². The molecule has 0 spiro atoms. The van der Waals surface area contributed by atoms with Gasteiger partial charge in [-0.15, -0.1) is 0 Å². The SMILES string of the molecule is COc1cc(C(C)=O)ccc1OCCCC(=O)NC(C)c1ccc(Cl)cc1. The van der Waals surface area contributed by atoms with Gasteiger partial charge in [0.05, 0.1) is 19.8 Å². The van der Waals surface area contributed by atoms with Crippen molar-refractivity contribution in [2.45, 2.75) is 32.7 Å². The van der Waals surface area contributed by atoms with E-state index < -0.39 is 0 Å². The van der Waals surface area contributed by atoms with Gasteiger partial charge in [-0.1, -0.05) is 23.7 Å². The second kappa shape index (κ2) is 9.97. The minimum Gasteiger partial charge on any atom is -0.493 e. The maximum Gasteiger partial charge on any atom is 0.220 e. The van der Waals surface area contributed by atoms with Gasteiger partial charge in [0.15, 0.2) is 17.3 Å². The minimum atomic E-state index is -0.0881. The van der Waals surface area contributed by atoms with Crippen molar-refractivity contribution in [2.24, 2.45) is 0 Å². The highest BCUT2D eigenvalue weighted by atomic mass is 35.5. The van der Waals surface area contributed by atoms with Crippen LogP contribution < -0.4 is 14.8 Å². The van der Waals surface area contributed by atoms with Gasteiger partial charge in [-0.25, -0.2) is 0 Å². The molecule has 144 valence electrons. The van der Waals surface area contributed by atoms with Crippen LogP contribution in [-0.2, 0) is 4.79 Å². The average molecular weight is 390 g/mol. The van der Waals surface area contributed by atoms with Crippen molar-refractivity contribution < 1.29 is 19.1 Å². The van der Waals surface area contributed by atoms with E-state index in [-0.39, 0.29) is 17.7 Å². The van der Waals surface area contributed by atoms with Gasteiger partial charge >= 0.3 is 0 Å². The number of Topliss-reactive ketones (excluding diaryl/α,β-unsaturated/α-hetero) is 1. The van der Waals surface area contributed by atoms with Crippen LogP contribution in [-0.4, -0.2) is 25.4 Å². The molecule has 0 heterocycles. The molecule has 0 aliphatic carbocycles. The topological polar surface area (TPSA) is 64.6 Å². The molecule has 0 radical (unpaired) electrons. The number of ether oxygens (including phenoxy) is 2. The Morgan fingerprint density at radius 2 is 1.81 bits per heavy atom. The number of ketones is 1. The molecule has 27 heavy (non-hydrogen) atoms. The maximum absolute atomic E-state index is 12.1. The number of nitrogens with one attached hydrogen (secondary N) is 1. The van der Waals surface area contributed by atoms with E-state index in [1.807, 2.05) is 19.1 Å². The first-order valence-corrected chi connectivity index (χ1v) is 9.15. The molecule has 0 bridgehead atoms. The fourth-order valence-corrected chi connectivity index (χ4v) is 2.70. The molecule has 2 aromatic rings. The normalized spacial score (nSPS) is 11.6. The second-order valence-electron chi connectivity index (χ2n) is 6.21. The van der Waals surface area contributed by atoms with Gasteiger partial charge in [0, 0.05) is 17.0 Å². The van der Waals surface area contributed by atoms with E-state index in [9.17, 15) is 9.59 Å². The van der Waals surface area contributed by atoms with Crippen LogP contribution in [0.4, 0.5) is 0 Å². The first kappa shape index (κ1) is 20.8. The van der Waals surface area contributed by atoms with E-state index in [0.717, 1.165) is 5.56 Å². The van der Waals surface area contributed by atoms with Crippen molar-refractivity contribution in [3.05, 3.63) is 58.6 Å². The number of carbonyl (C=O) groups excluding carboxylic acids is 2. The predicted octanol–water partition coefficient (Wildman–Crippen LogP) is 4.59. The Kier molecular flexibility index (Phi) is 7.67. The number of halogens is 1. The largest absolute Gasteiger partial charge is 0.493 e. The fourth-order valence-electron chi connectivity index (χ4n) is 2.57. The van der Waals surface area contributed by atoms with E-state index >= 15 is 0 Å². The van der Waals surface area contributed by atoms with Gasteiger partial charge in [-0.2, -0.15) is 0 Å². The molecule has 0 aliphatic rings. The van der Waals surface area contributed by atoms with Crippen LogP contribution in [0.3, 0.4) is 0 Å². The van der Waals surface area contributed by atoms with Crippen molar-refractivity contribution in [1.82, 2.24) is 5.32 Å². The Balaban J connectivity index is 1.78. The van der Waals surface area contributed by atoms with E-state index in [0.29, 0.717) is 41.5 Å². The summed E-state index contributed by atoms with van der Waals surface area (Å²) in [6.45, 7) is 3.80. The summed E-state index contributed by atoms with van der Waals surface area (Å²) < 4.78 is 10.9. The third-order valence-electron chi connectivity index (χ3n) is 4.12. The third-order valence-corrected chi connectivity index (χ3v) is 4.38. The number of carbonyl (C=O) groups is 2. The Morgan fingerprint density at radius 1 is 1.11 bits per heavy atom. The first-order valence-electron chi connectivity index (χ1n) is 8.77. The van der Waals surface area contributed by atoms with Crippen LogP contribution in [0.25, 0.3) is 0 Å². The molecular weight excluding hydrogens is 366 g/mol. The lowest BCUT2D eigenvalue weighted by Crippen LogP contribution is -2.26. The maximum atomic E-state index is 12.1. The molecule has 5 nitrogen and oxygen atoms in total. The molecule has 0 aliphatic heterocycles. The lowest BCUT2D eigenvalue weighted by atomic mass is 10.1. The molecule has 0 saturated carbocycles. The Morgan fingerprint density at radius 3 is 2.44 bits per heavy atom. The zero-order chi connectivity index (χ0) is 19.8. The lowest BCUT2D eigenvalue weighted by molar-refractivity contribution is -0.121. The molecule has 2 rings (SSSR count). The van der Waals surface area contributed by atoms with E-state index in [1.165, 1.54) is 14.0 Å². The zero-order valence-corrected chi connectivity index (χ0v) is 16.5. The van der Waals surface area contributed by atoms with Gasteiger partial charge in [0.2, 0.25) is 5.91 Å². The molecule has 6 heteroatoms. The van der Waals surface area contributed by atoms with Crippen molar-refractivity contribution in [3.63, 3.8) is 0 Å². The van der Waals surface area contributed by atoms with Gasteiger partial charge < -0.3 is 14.8 Å². The van der Waals surface area contributed by atoms with Crippen LogP contribution in [0.5, 0.6) is 11.5 Å². The predicted molar refractivity (Wildman–Crippen MR) is 106 cm³/mol. The summed E-state index contributed by atoms with van der Waals surface area (Å²) in [5.41, 5.74) is 1.56. The molecule has 1 atom stereocenters. The molecule has 1 amide bonds. The quantitative estimate of drug-likeness (QED) is 0.503. The second-order valence-corrected chi connectivity index (χ2v) is 6.65. The fraction of sp³-hybridized carbons (Fsp3) is 0.333. The molecule has 1 N–H and O–H groups in total. The standard InChI is InChI=1S/C21H24ClNO4/c1-14(16-6-9-18(22)10-7-16)23-21(25)5-4-12-27-19-11-8-17(15(2)24)13-20(19)26-3/h6-11,13-14H,4-5,12H2,1-3H3,(H,23,25). The smallest absolute Gasteiger partial charge is 0.220 e. The zero-order valence-electron chi connectivity index (χ0n) is 15.8. The third kappa shape index (κ3) is 6.29. The van der Waals surface area contributed by atoms with Crippen molar-refractivity contribution in [1.29, 1.82) is 0 Å². The van der Waals surface area contributed by atoms with Gasteiger partial charge in [0.1, 0.15) is 0 Å². The first-order chi connectivity index (χ1) is 12.9. The molecule has 0 saturated heterocycles. The van der Waals surface area contributed by atoms with Crippen LogP contribution in [0.2, 0.25) is 5.02 Å². The summed E-state index contributed by atoms with van der Waals surface area (Å²) in [7, 11) is 1.53. The summed E-state index contributed by atoms with van der Waals surface area (Å²) in [6, 6.07) is 12.4. The van der Waals surface area contributed by atoms with Gasteiger partial charge in [-0.3, -0.25) is 9.59 Å². The summed E-state index contributed by atoms with van der Waals surface area (Å²) in [4.78, 5) is 23.5. The lowest BCUT2D eigenvalue weighted by Gasteiger charge is -2.15. The molecule has 0 aromatic heterocycles. The number of hydrogen-bond acceptors (Lipinski definition) is 4. The Labute approximate surface area is 164 Å². The molecule has 1 unspecified atom stereocenters. The number of benzene rings is 2. The average Bonchev–Trinajstić information content (AvgIpc) is 2.65. The minimum absolute atomic E-state index is 0.0358. The van der Waals surface area contributed by atoms with Crippen LogP contribution >= 0.6 is 11.6 Å². The summed E-state index contributed by atoms with van der Waals surface area (Å²) in [5.74, 6) is 0.979. The monoisotopic (exact) mass is 389 g/mol. The van der Waals surface area contributed by atoms with Crippen molar-refractivity contribution in [2.75, 3.05) is 13.7 Å². The number of rotatable bonds is 9. The summed E-state index contributed by atoms with van der Waals surface area (Å²) >= 11 is 5.88. The van der Waals surface area contributed by atoms with Gasteiger partial charge in [-0.05, 0) is 56.2 Å².